The standard InChI is InChI=1S/C13H12N4OS2/c14-8-10-4-1-2-5-11(10)17-12(18)6-3-7-19-13-15-9-16-20-13/h1-2,4-5,9H,3,6-7H2,(H,17,18). The highest BCUT2D eigenvalue weighted by molar-refractivity contribution is 8.00. The molecular formula is C13H12N4OS2. The molecule has 1 amide bonds. The zero-order valence-corrected chi connectivity index (χ0v) is 12.2. The second-order valence-corrected chi connectivity index (χ2v) is 5.99. The van der Waals surface area contributed by atoms with Crippen molar-refractivity contribution in [3.63, 3.8) is 0 Å². The molecule has 2 aromatic rings. The van der Waals surface area contributed by atoms with Crippen LogP contribution in [-0.2, 0) is 4.79 Å². The van der Waals surface area contributed by atoms with Crippen LogP contribution in [-0.4, -0.2) is 21.0 Å². The average Bonchev–Trinajstić information content (AvgIpc) is 2.97. The number of hydrogen-bond donors (Lipinski definition) is 1. The normalized spacial score (nSPS) is 9.95. The Morgan fingerprint density at radius 1 is 1.45 bits per heavy atom. The van der Waals surface area contributed by atoms with Gasteiger partial charge in [0, 0.05) is 12.2 Å². The average molecular weight is 304 g/mol. The maximum absolute atomic E-state index is 11.8. The van der Waals surface area contributed by atoms with Crippen molar-refractivity contribution in [1.29, 1.82) is 5.26 Å². The Kier molecular flexibility index (Phi) is 5.53. The van der Waals surface area contributed by atoms with Gasteiger partial charge in [0.1, 0.15) is 12.4 Å². The molecule has 2 rings (SSSR count). The van der Waals surface area contributed by atoms with Crippen molar-refractivity contribution in [1.82, 2.24) is 9.36 Å². The third-order valence-corrected chi connectivity index (χ3v) is 4.32. The second kappa shape index (κ2) is 7.62. The van der Waals surface area contributed by atoms with Crippen molar-refractivity contribution >= 4 is 34.9 Å². The summed E-state index contributed by atoms with van der Waals surface area (Å²) >= 11 is 2.95. The first-order valence-electron chi connectivity index (χ1n) is 5.98. The van der Waals surface area contributed by atoms with Crippen molar-refractivity contribution in [3.8, 4) is 6.07 Å². The van der Waals surface area contributed by atoms with Crippen molar-refractivity contribution in [3.05, 3.63) is 36.2 Å². The Morgan fingerprint density at radius 3 is 3.05 bits per heavy atom. The molecule has 1 N–H and O–H groups in total. The molecule has 0 aliphatic carbocycles. The number of aromatic nitrogens is 2. The zero-order valence-electron chi connectivity index (χ0n) is 10.6. The minimum atomic E-state index is -0.0782. The van der Waals surface area contributed by atoms with Crippen LogP contribution in [0.3, 0.4) is 0 Å². The first-order chi connectivity index (χ1) is 9.79. The van der Waals surface area contributed by atoms with Gasteiger partial charge in [-0.1, -0.05) is 23.9 Å². The summed E-state index contributed by atoms with van der Waals surface area (Å²) in [5, 5.41) is 11.7. The number of benzene rings is 1. The third kappa shape index (κ3) is 4.33. The van der Waals surface area contributed by atoms with E-state index in [-0.39, 0.29) is 5.91 Å². The highest BCUT2D eigenvalue weighted by Gasteiger charge is 2.06. The van der Waals surface area contributed by atoms with E-state index in [2.05, 4.69) is 20.7 Å². The van der Waals surface area contributed by atoms with Crippen LogP contribution in [0.4, 0.5) is 5.69 Å². The number of hydrogen-bond acceptors (Lipinski definition) is 6. The number of nitriles is 1. The molecule has 1 heterocycles. The minimum Gasteiger partial charge on any atom is -0.325 e. The molecule has 0 saturated carbocycles. The number of nitrogens with zero attached hydrogens (tertiary/aromatic N) is 3. The number of para-hydroxylation sites is 1. The summed E-state index contributed by atoms with van der Waals surface area (Å²) in [6.45, 7) is 0. The van der Waals surface area contributed by atoms with Gasteiger partial charge in [0.25, 0.3) is 0 Å². The van der Waals surface area contributed by atoms with Crippen LogP contribution in [0.1, 0.15) is 18.4 Å². The van der Waals surface area contributed by atoms with Crippen molar-refractivity contribution < 1.29 is 4.79 Å². The van der Waals surface area contributed by atoms with E-state index < -0.39 is 0 Å². The summed E-state index contributed by atoms with van der Waals surface area (Å²) in [5.41, 5.74) is 1.04. The fourth-order valence-corrected chi connectivity index (χ4v) is 2.97. The van der Waals surface area contributed by atoms with Crippen LogP contribution in [0.15, 0.2) is 34.9 Å². The van der Waals surface area contributed by atoms with E-state index in [1.54, 1.807) is 36.0 Å². The van der Waals surface area contributed by atoms with Gasteiger partial charge in [-0.3, -0.25) is 4.79 Å². The molecule has 1 aromatic carbocycles. The molecule has 0 aliphatic rings. The molecule has 20 heavy (non-hydrogen) atoms. The van der Waals surface area contributed by atoms with Crippen LogP contribution in [0.2, 0.25) is 0 Å². The summed E-state index contributed by atoms with van der Waals surface area (Å²) in [6.07, 6.45) is 2.70. The maximum Gasteiger partial charge on any atom is 0.224 e. The number of carbonyl (C=O) groups excluding carboxylic acids is 1. The van der Waals surface area contributed by atoms with Crippen molar-refractivity contribution in [2.45, 2.75) is 17.2 Å². The van der Waals surface area contributed by atoms with Gasteiger partial charge in [0.2, 0.25) is 5.91 Å². The Balaban J connectivity index is 1.74. The van der Waals surface area contributed by atoms with Gasteiger partial charge in [0.15, 0.2) is 4.34 Å². The molecule has 7 heteroatoms. The minimum absolute atomic E-state index is 0.0782. The van der Waals surface area contributed by atoms with Crippen LogP contribution < -0.4 is 5.32 Å². The van der Waals surface area contributed by atoms with E-state index in [1.807, 2.05) is 0 Å². The monoisotopic (exact) mass is 304 g/mol. The van der Waals surface area contributed by atoms with Gasteiger partial charge in [-0.2, -0.15) is 9.64 Å². The Hall–Kier alpha value is -1.91. The highest BCUT2D eigenvalue weighted by Crippen LogP contribution is 2.20. The van der Waals surface area contributed by atoms with Gasteiger partial charge in [-0.15, -0.1) is 0 Å². The summed E-state index contributed by atoms with van der Waals surface area (Å²) in [4.78, 5) is 15.8. The number of rotatable bonds is 6. The topological polar surface area (TPSA) is 78.7 Å². The van der Waals surface area contributed by atoms with E-state index in [0.29, 0.717) is 17.7 Å². The molecule has 1 aromatic heterocycles. The number of thioether (sulfide) groups is 1. The van der Waals surface area contributed by atoms with Crippen LogP contribution in [0.25, 0.3) is 0 Å². The van der Waals surface area contributed by atoms with Gasteiger partial charge in [0.05, 0.1) is 11.3 Å². The summed E-state index contributed by atoms with van der Waals surface area (Å²) in [7, 11) is 0. The summed E-state index contributed by atoms with van der Waals surface area (Å²) in [5.74, 6) is 0.744. The lowest BCUT2D eigenvalue weighted by atomic mass is 10.2. The van der Waals surface area contributed by atoms with E-state index >= 15 is 0 Å². The highest BCUT2D eigenvalue weighted by atomic mass is 32.2. The lowest BCUT2D eigenvalue weighted by molar-refractivity contribution is -0.116. The molecule has 0 unspecified atom stereocenters. The number of nitrogens with one attached hydrogen (secondary N) is 1. The summed E-state index contributed by atoms with van der Waals surface area (Å²) < 4.78 is 4.83. The van der Waals surface area contributed by atoms with E-state index in [9.17, 15) is 4.79 Å². The number of amides is 1. The zero-order chi connectivity index (χ0) is 14.2. The fraction of sp³-hybridized carbons (Fsp3) is 0.231. The lowest BCUT2D eigenvalue weighted by Gasteiger charge is -2.06. The van der Waals surface area contributed by atoms with Crippen molar-refractivity contribution in [2.75, 3.05) is 11.1 Å². The Bertz CT molecular complexity index is 607. The molecule has 0 fully saturated rings. The molecule has 0 atom stereocenters. The van der Waals surface area contributed by atoms with Gasteiger partial charge >= 0.3 is 0 Å². The SMILES string of the molecule is N#Cc1ccccc1NC(=O)CCCSc1ncns1. The lowest BCUT2D eigenvalue weighted by Crippen LogP contribution is -2.12. The summed E-state index contributed by atoms with van der Waals surface area (Å²) in [6, 6.07) is 9.03. The molecule has 0 bridgehead atoms. The Morgan fingerprint density at radius 2 is 2.30 bits per heavy atom. The molecule has 0 spiro atoms. The first-order valence-corrected chi connectivity index (χ1v) is 7.74. The number of anilines is 1. The van der Waals surface area contributed by atoms with Crippen LogP contribution in [0.5, 0.6) is 0 Å². The van der Waals surface area contributed by atoms with E-state index in [0.717, 1.165) is 16.5 Å². The Labute approximate surface area is 125 Å². The quantitative estimate of drug-likeness (QED) is 0.655. The van der Waals surface area contributed by atoms with E-state index in [1.165, 1.54) is 17.9 Å². The first kappa shape index (κ1) is 14.5. The number of carbonyl (C=O) groups is 1. The third-order valence-electron chi connectivity index (χ3n) is 2.44. The van der Waals surface area contributed by atoms with Gasteiger partial charge in [-0.05, 0) is 30.1 Å². The largest absolute Gasteiger partial charge is 0.325 e. The predicted molar refractivity (Wildman–Crippen MR) is 79.7 cm³/mol. The van der Waals surface area contributed by atoms with Gasteiger partial charge in [-0.25, -0.2) is 4.98 Å². The molecule has 0 radical (unpaired) electrons. The second-order valence-electron chi connectivity index (χ2n) is 3.86. The molecule has 102 valence electrons. The van der Waals surface area contributed by atoms with Crippen molar-refractivity contribution in [2.24, 2.45) is 0 Å². The van der Waals surface area contributed by atoms with Crippen LogP contribution >= 0.6 is 23.3 Å². The predicted octanol–water partition coefficient (Wildman–Crippen LogP) is 2.92. The maximum atomic E-state index is 11.8. The van der Waals surface area contributed by atoms with Gasteiger partial charge < -0.3 is 5.32 Å². The van der Waals surface area contributed by atoms with Crippen LogP contribution in [0, 0.1) is 11.3 Å². The molecule has 0 saturated heterocycles. The molecule has 0 aliphatic heterocycles. The molecular weight excluding hydrogens is 292 g/mol. The fourth-order valence-electron chi connectivity index (χ4n) is 1.52. The van der Waals surface area contributed by atoms with E-state index in [4.69, 9.17) is 5.26 Å². The smallest absolute Gasteiger partial charge is 0.224 e. The molecule has 5 nitrogen and oxygen atoms in total.